The monoisotopic (exact) mass is 395 g/mol. The highest BCUT2D eigenvalue weighted by atomic mass is 32.1. The molecular formula is C21H21N3O3S. The second-order valence-corrected chi connectivity index (χ2v) is 7.43. The molecule has 1 aromatic carbocycles. The summed E-state index contributed by atoms with van der Waals surface area (Å²) in [6.45, 7) is 1.29. The third kappa shape index (κ3) is 3.99. The Morgan fingerprint density at radius 2 is 2.04 bits per heavy atom. The van der Waals surface area contributed by atoms with Gasteiger partial charge in [-0.05, 0) is 53.4 Å². The minimum absolute atomic E-state index is 0.0855. The van der Waals surface area contributed by atoms with Crippen LogP contribution >= 0.6 is 11.3 Å². The maximum Gasteiger partial charge on any atom is 0.274 e. The number of carbonyl (C=O) groups is 1. The quantitative estimate of drug-likeness (QED) is 0.642. The first-order valence-corrected chi connectivity index (χ1v) is 10.3. The average Bonchev–Trinajstić information content (AvgIpc) is 3.41. The van der Waals surface area contributed by atoms with Gasteiger partial charge in [0.05, 0.1) is 12.6 Å². The first-order chi connectivity index (χ1) is 13.7. The molecule has 28 heavy (non-hydrogen) atoms. The van der Waals surface area contributed by atoms with Crippen LogP contribution in [-0.4, -0.2) is 33.7 Å². The third-order valence-electron chi connectivity index (χ3n) is 4.84. The third-order valence-corrected chi connectivity index (χ3v) is 5.54. The molecule has 6 nitrogen and oxygen atoms in total. The molecule has 144 valence electrons. The fourth-order valence-corrected chi connectivity index (χ4v) is 4.17. The van der Waals surface area contributed by atoms with Crippen molar-refractivity contribution in [3.63, 3.8) is 0 Å². The molecule has 0 spiro atoms. The van der Waals surface area contributed by atoms with Gasteiger partial charge in [0.2, 0.25) is 0 Å². The van der Waals surface area contributed by atoms with Crippen molar-refractivity contribution in [2.75, 3.05) is 13.2 Å². The minimum Gasteiger partial charge on any atom is -0.492 e. The maximum atomic E-state index is 13.0. The number of thiophene rings is 1. The van der Waals surface area contributed by atoms with Gasteiger partial charge in [-0.15, -0.1) is 0 Å². The zero-order chi connectivity index (χ0) is 19.3. The van der Waals surface area contributed by atoms with Gasteiger partial charge in [-0.2, -0.15) is 16.4 Å². The molecule has 1 aliphatic rings. The number of benzene rings is 1. The van der Waals surface area contributed by atoms with Crippen molar-refractivity contribution in [2.45, 2.75) is 25.4 Å². The molecule has 0 bridgehead atoms. The van der Waals surface area contributed by atoms with Crippen LogP contribution in [0.2, 0.25) is 0 Å². The second-order valence-electron chi connectivity index (χ2n) is 6.65. The maximum absolute atomic E-state index is 13.0. The minimum atomic E-state index is -0.246. The van der Waals surface area contributed by atoms with Crippen LogP contribution in [0.15, 0.2) is 64.1 Å². The molecule has 0 radical (unpaired) electrons. The Morgan fingerprint density at radius 3 is 2.82 bits per heavy atom. The number of hydrogen-bond acceptors (Lipinski definition) is 5. The molecule has 0 N–H and O–H groups in total. The number of likely N-dealkylation sites (tertiary alicyclic amines) is 1. The number of hydrogen-bond donors (Lipinski definition) is 0. The fourth-order valence-electron chi connectivity index (χ4n) is 3.46. The Kier molecular flexibility index (Phi) is 5.53. The number of ether oxygens (including phenoxy) is 1. The average molecular weight is 395 g/mol. The standard InChI is InChI=1S/C21H21N3O3S/c25-20-9-8-18(22-24(20)12-13-27-17-5-2-1-3-6-17)21(26)23-11-4-7-19(23)16-10-14-28-15-16/h1-3,5-6,8-10,14-15,19H,4,7,11-13H2/t19-/m1/s1. The van der Waals surface area contributed by atoms with Gasteiger partial charge in [0.15, 0.2) is 0 Å². The van der Waals surface area contributed by atoms with E-state index in [2.05, 4.69) is 16.5 Å². The normalized spacial score (nSPS) is 16.3. The number of carbonyl (C=O) groups excluding carboxylic acids is 1. The van der Waals surface area contributed by atoms with E-state index in [9.17, 15) is 9.59 Å². The van der Waals surface area contributed by atoms with E-state index in [1.807, 2.05) is 40.6 Å². The topological polar surface area (TPSA) is 64.4 Å². The lowest BCUT2D eigenvalue weighted by Crippen LogP contribution is -2.34. The highest BCUT2D eigenvalue weighted by Gasteiger charge is 2.31. The lowest BCUT2D eigenvalue weighted by atomic mass is 10.1. The fraction of sp³-hybridized carbons (Fsp3) is 0.286. The number of amides is 1. The first-order valence-electron chi connectivity index (χ1n) is 9.31. The molecule has 1 amide bonds. The van der Waals surface area contributed by atoms with Gasteiger partial charge in [-0.1, -0.05) is 18.2 Å². The Bertz CT molecular complexity index is 986. The molecule has 0 aliphatic carbocycles. The van der Waals surface area contributed by atoms with E-state index in [1.165, 1.54) is 22.4 Å². The Labute approximate surface area is 167 Å². The SMILES string of the molecule is O=C(c1ccc(=O)n(CCOc2ccccc2)n1)N1CCC[C@@H]1c1ccsc1. The van der Waals surface area contributed by atoms with E-state index in [0.717, 1.165) is 18.6 Å². The zero-order valence-electron chi connectivity index (χ0n) is 15.4. The summed E-state index contributed by atoms with van der Waals surface area (Å²) in [5, 5.41) is 8.42. The summed E-state index contributed by atoms with van der Waals surface area (Å²) in [6, 6.07) is 14.5. The molecule has 2 aromatic heterocycles. The molecule has 3 aromatic rings. The largest absolute Gasteiger partial charge is 0.492 e. The molecule has 3 heterocycles. The second kappa shape index (κ2) is 8.39. The smallest absolute Gasteiger partial charge is 0.274 e. The number of para-hydroxylation sites is 1. The van der Waals surface area contributed by atoms with E-state index in [0.29, 0.717) is 18.8 Å². The van der Waals surface area contributed by atoms with Gasteiger partial charge in [0, 0.05) is 12.6 Å². The summed E-state index contributed by atoms with van der Waals surface area (Å²) in [5.41, 5.74) is 1.21. The van der Waals surface area contributed by atoms with E-state index in [1.54, 1.807) is 11.3 Å². The summed E-state index contributed by atoms with van der Waals surface area (Å²) in [4.78, 5) is 27.0. The number of rotatable bonds is 6. The van der Waals surface area contributed by atoms with Crippen molar-refractivity contribution in [1.82, 2.24) is 14.7 Å². The van der Waals surface area contributed by atoms with Gasteiger partial charge in [0.25, 0.3) is 11.5 Å². The van der Waals surface area contributed by atoms with Gasteiger partial charge < -0.3 is 9.64 Å². The summed E-state index contributed by atoms with van der Waals surface area (Å²) in [5.74, 6) is 0.602. The molecule has 7 heteroatoms. The Hall–Kier alpha value is -2.93. The van der Waals surface area contributed by atoms with E-state index in [4.69, 9.17) is 4.74 Å². The zero-order valence-corrected chi connectivity index (χ0v) is 16.2. The van der Waals surface area contributed by atoms with Crippen LogP contribution in [0, 0.1) is 0 Å². The van der Waals surface area contributed by atoms with Crippen LogP contribution in [0.3, 0.4) is 0 Å². The predicted octanol–water partition coefficient (Wildman–Crippen LogP) is 3.36. The molecule has 0 unspecified atom stereocenters. The van der Waals surface area contributed by atoms with Crippen LogP contribution in [0.4, 0.5) is 0 Å². The number of aromatic nitrogens is 2. The van der Waals surface area contributed by atoms with Crippen LogP contribution < -0.4 is 10.3 Å². The van der Waals surface area contributed by atoms with Gasteiger partial charge >= 0.3 is 0 Å². The molecule has 1 saturated heterocycles. The Morgan fingerprint density at radius 1 is 1.18 bits per heavy atom. The highest BCUT2D eigenvalue weighted by molar-refractivity contribution is 7.08. The lowest BCUT2D eigenvalue weighted by Gasteiger charge is -2.24. The van der Waals surface area contributed by atoms with Crippen LogP contribution in [0.5, 0.6) is 5.75 Å². The number of nitrogens with zero attached hydrogens (tertiary/aromatic N) is 3. The van der Waals surface area contributed by atoms with Gasteiger partial charge in [-0.3, -0.25) is 9.59 Å². The molecule has 1 aliphatic heterocycles. The van der Waals surface area contributed by atoms with Gasteiger partial charge in [0.1, 0.15) is 18.1 Å². The Balaban J connectivity index is 1.47. The summed E-state index contributed by atoms with van der Waals surface area (Å²) < 4.78 is 6.93. The van der Waals surface area contributed by atoms with Crippen molar-refractivity contribution >= 4 is 17.2 Å². The van der Waals surface area contributed by atoms with Crippen molar-refractivity contribution < 1.29 is 9.53 Å². The van der Waals surface area contributed by atoms with Crippen molar-refractivity contribution in [3.8, 4) is 5.75 Å². The molecule has 1 atom stereocenters. The van der Waals surface area contributed by atoms with Crippen LogP contribution in [0.1, 0.15) is 34.9 Å². The van der Waals surface area contributed by atoms with Crippen LogP contribution in [-0.2, 0) is 6.54 Å². The summed E-state index contributed by atoms with van der Waals surface area (Å²) in [6.07, 6.45) is 1.92. The first kappa shape index (κ1) is 18.4. The predicted molar refractivity (Wildman–Crippen MR) is 108 cm³/mol. The highest BCUT2D eigenvalue weighted by Crippen LogP contribution is 2.33. The van der Waals surface area contributed by atoms with E-state index >= 15 is 0 Å². The van der Waals surface area contributed by atoms with Crippen LogP contribution in [0.25, 0.3) is 0 Å². The summed E-state index contributed by atoms with van der Waals surface area (Å²) >= 11 is 1.63. The van der Waals surface area contributed by atoms with E-state index in [-0.39, 0.29) is 24.1 Å². The van der Waals surface area contributed by atoms with Crippen molar-refractivity contribution in [1.29, 1.82) is 0 Å². The van der Waals surface area contributed by atoms with E-state index < -0.39 is 0 Å². The lowest BCUT2D eigenvalue weighted by molar-refractivity contribution is 0.0726. The molecule has 0 saturated carbocycles. The van der Waals surface area contributed by atoms with Gasteiger partial charge in [-0.25, -0.2) is 4.68 Å². The van der Waals surface area contributed by atoms with Crippen molar-refractivity contribution in [2.24, 2.45) is 0 Å². The molecular weight excluding hydrogens is 374 g/mol. The molecule has 4 rings (SSSR count). The van der Waals surface area contributed by atoms with Crippen molar-refractivity contribution in [3.05, 3.63) is 80.9 Å². The summed E-state index contributed by atoms with van der Waals surface area (Å²) in [7, 11) is 0. The molecule has 1 fully saturated rings.